The molecule has 1 heterocycles. The molecule has 6 nitrogen and oxygen atoms in total. The molecule has 8 heteroatoms. The first-order valence-electron chi connectivity index (χ1n) is 9.68. The van der Waals surface area contributed by atoms with Crippen LogP contribution in [-0.2, 0) is 25.4 Å². The third-order valence-corrected chi connectivity index (χ3v) is 7.29. The summed E-state index contributed by atoms with van der Waals surface area (Å²) in [5, 5.41) is 0. The fourth-order valence-electron chi connectivity index (χ4n) is 3.21. The number of benzene rings is 3. The van der Waals surface area contributed by atoms with Crippen LogP contribution in [0.25, 0.3) is 0 Å². The summed E-state index contributed by atoms with van der Waals surface area (Å²) in [6, 6.07) is 23.0. The molecule has 1 saturated heterocycles. The van der Waals surface area contributed by atoms with E-state index in [-0.39, 0.29) is 29.6 Å². The summed E-state index contributed by atoms with van der Waals surface area (Å²) in [4.78, 5) is 26.0. The molecule has 4 rings (SSSR count). The largest absolute Gasteiger partial charge is 0.280 e. The maximum Gasteiger partial charge on any atom is 0.261 e. The minimum Gasteiger partial charge on any atom is -0.280 e. The highest BCUT2D eigenvalue weighted by Gasteiger charge is 2.30. The Bertz CT molecular complexity index is 1180. The molecule has 0 atom stereocenters. The van der Waals surface area contributed by atoms with Crippen LogP contribution in [0, 0.1) is 0 Å². The second-order valence-electron chi connectivity index (χ2n) is 7.02. The Morgan fingerprint density at radius 1 is 0.806 bits per heavy atom. The molecule has 158 valence electrons. The highest BCUT2D eigenvalue weighted by Crippen LogP contribution is 2.26. The predicted octanol–water partition coefficient (Wildman–Crippen LogP) is 4.43. The van der Waals surface area contributed by atoms with Gasteiger partial charge >= 0.3 is 0 Å². The molecule has 1 aliphatic rings. The van der Waals surface area contributed by atoms with Crippen LogP contribution in [0.15, 0.2) is 88.7 Å². The van der Waals surface area contributed by atoms with E-state index in [4.69, 9.17) is 0 Å². The van der Waals surface area contributed by atoms with Gasteiger partial charge in [-0.05, 0) is 54.1 Å². The third-order valence-electron chi connectivity index (χ3n) is 4.81. The molecular formula is C23H20N2O4S2. The Morgan fingerprint density at radius 2 is 1.42 bits per heavy atom. The Hall–Kier alpha value is -3.10. The minimum atomic E-state index is -3.79. The number of thioether (sulfide) groups is 1. The zero-order valence-corrected chi connectivity index (χ0v) is 18.2. The van der Waals surface area contributed by atoms with E-state index in [0.717, 1.165) is 16.2 Å². The smallest absolute Gasteiger partial charge is 0.261 e. The van der Waals surface area contributed by atoms with E-state index in [9.17, 15) is 18.0 Å². The number of hydrogen-bond donors (Lipinski definition) is 1. The molecule has 0 unspecified atom stereocenters. The van der Waals surface area contributed by atoms with Gasteiger partial charge in [0.2, 0.25) is 11.8 Å². The number of nitrogens with one attached hydrogen (secondary N) is 1. The second kappa shape index (κ2) is 8.95. The monoisotopic (exact) mass is 452 g/mol. The second-order valence-corrected chi connectivity index (χ2v) is 9.75. The van der Waals surface area contributed by atoms with Crippen molar-refractivity contribution in [3.05, 3.63) is 84.4 Å². The van der Waals surface area contributed by atoms with E-state index in [1.165, 1.54) is 29.2 Å². The minimum absolute atomic E-state index is 0.0547. The van der Waals surface area contributed by atoms with Gasteiger partial charge in [-0.15, -0.1) is 11.8 Å². The highest BCUT2D eigenvalue weighted by atomic mass is 32.2. The van der Waals surface area contributed by atoms with Gasteiger partial charge in [-0.2, -0.15) is 0 Å². The van der Waals surface area contributed by atoms with Gasteiger partial charge in [0.1, 0.15) is 0 Å². The van der Waals surface area contributed by atoms with E-state index < -0.39 is 10.0 Å². The lowest BCUT2D eigenvalue weighted by molar-refractivity contribution is -0.121. The SMILES string of the molecule is O=C1CCC(=O)N1c1ccc(S(=O)(=O)Nc2ccc(CSc3ccccc3)cc2)cc1. The quantitative estimate of drug-likeness (QED) is 0.423. The summed E-state index contributed by atoms with van der Waals surface area (Å²) < 4.78 is 28.0. The number of amides is 2. The van der Waals surface area contributed by atoms with Gasteiger partial charge in [-0.25, -0.2) is 8.42 Å². The van der Waals surface area contributed by atoms with E-state index in [0.29, 0.717) is 11.4 Å². The van der Waals surface area contributed by atoms with Crippen LogP contribution < -0.4 is 9.62 Å². The summed E-state index contributed by atoms with van der Waals surface area (Å²) in [5.41, 5.74) is 1.93. The van der Waals surface area contributed by atoms with Crippen LogP contribution in [0.4, 0.5) is 11.4 Å². The van der Waals surface area contributed by atoms with Crippen molar-refractivity contribution < 1.29 is 18.0 Å². The molecule has 0 radical (unpaired) electrons. The van der Waals surface area contributed by atoms with Gasteiger partial charge in [-0.1, -0.05) is 30.3 Å². The maximum absolute atomic E-state index is 12.7. The van der Waals surface area contributed by atoms with Crippen molar-refractivity contribution in [1.82, 2.24) is 0 Å². The van der Waals surface area contributed by atoms with E-state index in [1.807, 2.05) is 42.5 Å². The lowest BCUT2D eigenvalue weighted by atomic mass is 10.2. The molecule has 31 heavy (non-hydrogen) atoms. The summed E-state index contributed by atoms with van der Waals surface area (Å²) in [6.07, 6.45) is 0.362. The van der Waals surface area contributed by atoms with Gasteiger partial charge in [0, 0.05) is 29.2 Å². The topological polar surface area (TPSA) is 83.6 Å². The molecule has 0 bridgehead atoms. The molecule has 1 aliphatic heterocycles. The van der Waals surface area contributed by atoms with Crippen LogP contribution in [0.5, 0.6) is 0 Å². The molecule has 3 aromatic carbocycles. The van der Waals surface area contributed by atoms with E-state index in [2.05, 4.69) is 4.72 Å². The number of imide groups is 1. The Morgan fingerprint density at radius 3 is 2.03 bits per heavy atom. The zero-order valence-electron chi connectivity index (χ0n) is 16.5. The van der Waals surface area contributed by atoms with Gasteiger partial charge < -0.3 is 0 Å². The first-order chi connectivity index (χ1) is 14.9. The van der Waals surface area contributed by atoms with Crippen LogP contribution in [-0.4, -0.2) is 20.2 Å². The molecular weight excluding hydrogens is 432 g/mol. The van der Waals surface area contributed by atoms with Gasteiger partial charge in [0.05, 0.1) is 10.6 Å². The molecule has 0 aliphatic carbocycles. The summed E-state index contributed by atoms with van der Waals surface area (Å²) in [7, 11) is -3.79. The number of hydrogen-bond acceptors (Lipinski definition) is 5. The number of carbonyl (C=O) groups is 2. The fraction of sp³-hybridized carbons (Fsp3) is 0.130. The van der Waals surface area contributed by atoms with Crippen molar-refractivity contribution in [3.8, 4) is 0 Å². The Balaban J connectivity index is 1.41. The van der Waals surface area contributed by atoms with E-state index in [1.54, 1.807) is 23.9 Å². The van der Waals surface area contributed by atoms with E-state index >= 15 is 0 Å². The first kappa shape index (κ1) is 21.1. The lowest BCUT2D eigenvalue weighted by Crippen LogP contribution is -2.28. The maximum atomic E-state index is 12.7. The van der Waals surface area contributed by atoms with Crippen LogP contribution in [0.3, 0.4) is 0 Å². The van der Waals surface area contributed by atoms with Crippen molar-refractivity contribution in [2.45, 2.75) is 28.4 Å². The molecule has 0 spiro atoms. The normalized spacial score (nSPS) is 14.1. The number of sulfonamides is 1. The van der Waals surface area contributed by atoms with Gasteiger partial charge in [0.25, 0.3) is 10.0 Å². The molecule has 3 aromatic rings. The average Bonchev–Trinajstić information content (AvgIpc) is 3.12. The Labute approximate surface area is 185 Å². The van der Waals surface area contributed by atoms with Crippen molar-refractivity contribution >= 4 is 45.0 Å². The molecule has 1 N–H and O–H groups in total. The van der Waals surface area contributed by atoms with Crippen LogP contribution in [0.2, 0.25) is 0 Å². The van der Waals surface area contributed by atoms with Crippen molar-refractivity contribution in [2.24, 2.45) is 0 Å². The van der Waals surface area contributed by atoms with Gasteiger partial charge in [0.15, 0.2) is 0 Å². The highest BCUT2D eigenvalue weighted by molar-refractivity contribution is 7.98. The van der Waals surface area contributed by atoms with Gasteiger partial charge in [-0.3, -0.25) is 19.2 Å². The Kier molecular flexibility index (Phi) is 6.11. The van der Waals surface area contributed by atoms with Crippen LogP contribution >= 0.6 is 11.8 Å². The fourth-order valence-corrected chi connectivity index (χ4v) is 5.14. The summed E-state index contributed by atoms with van der Waals surface area (Å²) >= 11 is 1.71. The summed E-state index contributed by atoms with van der Waals surface area (Å²) in [6.45, 7) is 0. The summed E-state index contributed by atoms with van der Waals surface area (Å²) in [5.74, 6) is 0.236. The predicted molar refractivity (Wildman–Crippen MR) is 121 cm³/mol. The molecule has 2 amide bonds. The average molecular weight is 453 g/mol. The van der Waals surface area contributed by atoms with Crippen LogP contribution in [0.1, 0.15) is 18.4 Å². The number of nitrogens with zero attached hydrogens (tertiary/aromatic N) is 1. The standard InChI is InChI=1S/C23H20N2O4S2/c26-22-14-15-23(27)25(22)19-10-12-21(13-11-19)31(28,29)24-18-8-6-17(7-9-18)16-30-20-4-2-1-3-5-20/h1-13,24H,14-16H2. The number of rotatable bonds is 7. The molecule has 0 saturated carbocycles. The number of carbonyl (C=O) groups excluding carboxylic acids is 2. The molecule has 1 fully saturated rings. The van der Waals surface area contributed by atoms with Crippen molar-refractivity contribution in [2.75, 3.05) is 9.62 Å². The third kappa shape index (κ3) is 4.98. The number of anilines is 2. The zero-order chi connectivity index (χ0) is 21.8. The molecule has 0 aromatic heterocycles. The van der Waals surface area contributed by atoms with Crippen molar-refractivity contribution in [1.29, 1.82) is 0 Å². The van der Waals surface area contributed by atoms with Crippen molar-refractivity contribution in [3.63, 3.8) is 0 Å². The lowest BCUT2D eigenvalue weighted by Gasteiger charge is -2.14. The first-order valence-corrected chi connectivity index (χ1v) is 12.1.